The van der Waals surface area contributed by atoms with E-state index in [0.29, 0.717) is 0 Å². The van der Waals surface area contributed by atoms with E-state index in [1.54, 1.807) is 11.8 Å². The number of hydrogen-bond donors (Lipinski definition) is 1. The number of fused-ring (bicyclic) bond motifs is 1. The van der Waals surface area contributed by atoms with E-state index in [1.165, 1.54) is 26.9 Å². The second-order valence-electron chi connectivity index (χ2n) is 7.78. The number of benzene rings is 1. The Labute approximate surface area is 159 Å². The molecule has 0 saturated carbocycles. The first kappa shape index (κ1) is 17.4. The highest BCUT2D eigenvalue weighted by molar-refractivity contribution is 7.99. The molecule has 4 rings (SSSR count). The molecule has 0 saturated heterocycles. The van der Waals surface area contributed by atoms with Crippen LogP contribution in [0.5, 0.6) is 0 Å². The number of pyridine rings is 1. The molecule has 0 bridgehead atoms. The Hall–Kier alpha value is -2.04. The van der Waals surface area contributed by atoms with E-state index >= 15 is 0 Å². The van der Waals surface area contributed by atoms with Crippen LogP contribution in [0.4, 0.5) is 0 Å². The van der Waals surface area contributed by atoms with Gasteiger partial charge in [-0.3, -0.25) is 4.90 Å². The third-order valence-electron chi connectivity index (χ3n) is 5.02. The highest BCUT2D eigenvalue weighted by atomic mass is 32.2. The van der Waals surface area contributed by atoms with Crippen LogP contribution in [0.2, 0.25) is 0 Å². The van der Waals surface area contributed by atoms with Crippen molar-refractivity contribution < 1.29 is 0 Å². The zero-order valence-corrected chi connectivity index (χ0v) is 16.4. The van der Waals surface area contributed by atoms with Crippen molar-refractivity contribution in [2.75, 3.05) is 13.1 Å². The molecule has 0 unspecified atom stereocenters. The zero-order chi connectivity index (χ0) is 18.1. The number of aromatic amines is 1. The van der Waals surface area contributed by atoms with Gasteiger partial charge in [-0.05, 0) is 63.1 Å². The molecule has 3 aromatic rings. The maximum absolute atomic E-state index is 4.42. The molecule has 0 atom stereocenters. The molecule has 0 amide bonds. The van der Waals surface area contributed by atoms with Gasteiger partial charge in [0.15, 0.2) is 0 Å². The van der Waals surface area contributed by atoms with Gasteiger partial charge >= 0.3 is 0 Å². The lowest BCUT2D eigenvalue weighted by Gasteiger charge is -2.37. The van der Waals surface area contributed by atoms with Crippen LogP contribution in [0, 0.1) is 0 Å². The predicted molar refractivity (Wildman–Crippen MR) is 111 cm³/mol. The average molecular weight is 364 g/mol. The molecule has 3 heterocycles. The molecule has 1 aliphatic heterocycles. The Morgan fingerprint density at radius 3 is 2.73 bits per heavy atom. The molecular weight excluding hydrogens is 338 g/mol. The smallest absolute Gasteiger partial charge is 0.101 e. The van der Waals surface area contributed by atoms with Crippen molar-refractivity contribution in [3.8, 4) is 0 Å². The third kappa shape index (κ3) is 3.57. The zero-order valence-electron chi connectivity index (χ0n) is 15.6. The summed E-state index contributed by atoms with van der Waals surface area (Å²) >= 11 is 1.71. The van der Waals surface area contributed by atoms with Gasteiger partial charge in [0.2, 0.25) is 0 Å². The van der Waals surface area contributed by atoms with E-state index in [2.05, 4.69) is 72.2 Å². The minimum atomic E-state index is 0.231. The van der Waals surface area contributed by atoms with Gasteiger partial charge in [0, 0.05) is 52.4 Å². The Morgan fingerprint density at radius 1 is 1.15 bits per heavy atom. The van der Waals surface area contributed by atoms with Crippen LogP contribution in [0.25, 0.3) is 16.5 Å². The van der Waals surface area contributed by atoms with Crippen molar-refractivity contribution in [1.82, 2.24) is 14.9 Å². The van der Waals surface area contributed by atoms with E-state index in [-0.39, 0.29) is 5.54 Å². The second-order valence-corrected chi connectivity index (χ2v) is 8.87. The molecule has 26 heavy (non-hydrogen) atoms. The number of nitrogens with one attached hydrogen (secondary N) is 1. The minimum Gasteiger partial charge on any atom is -0.361 e. The van der Waals surface area contributed by atoms with E-state index in [9.17, 15) is 0 Å². The summed E-state index contributed by atoms with van der Waals surface area (Å²) in [6.45, 7) is 9.01. The van der Waals surface area contributed by atoms with Crippen LogP contribution >= 0.6 is 11.8 Å². The largest absolute Gasteiger partial charge is 0.361 e. The van der Waals surface area contributed by atoms with E-state index < -0.39 is 0 Å². The summed E-state index contributed by atoms with van der Waals surface area (Å²) in [5.41, 5.74) is 4.23. The first-order chi connectivity index (χ1) is 12.5. The van der Waals surface area contributed by atoms with E-state index in [4.69, 9.17) is 0 Å². The predicted octanol–water partition coefficient (Wildman–Crippen LogP) is 5.60. The van der Waals surface area contributed by atoms with Crippen LogP contribution in [-0.2, 0) is 0 Å². The fourth-order valence-electron chi connectivity index (χ4n) is 3.48. The van der Waals surface area contributed by atoms with Gasteiger partial charge in [0.1, 0.15) is 5.03 Å². The molecular formula is C22H25N3S. The standard InChI is InChI=1S/C22H25N3S/c1-22(2,3)25-12-9-16(10-13-25)19-15-24-20-8-7-17(14-18(19)20)26-21-6-4-5-11-23-21/h4-9,11,14-15,24H,10,12-13H2,1-3H3. The van der Waals surface area contributed by atoms with E-state index in [0.717, 1.165) is 24.5 Å². The van der Waals surface area contributed by atoms with Gasteiger partial charge in [-0.25, -0.2) is 4.98 Å². The molecule has 1 aliphatic rings. The van der Waals surface area contributed by atoms with Crippen LogP contribution in [0.3, 0.4) is 0 Å². The van der Waals surface area contributed by atoms with Crippen molar-refractivity contribution in [1.29, 1.82) is 0 Å². The summed E-state index contributed by atoms with van der Waals surface area (Å²) in [5.74, 6) is 0. The normalized spacial score (nSPS) is 16.0. The first-order valence-corrected chi connectivity index (χ1v) is 9.97. The fraction of sp³-hybridized carbons (Fsp3) is 0.318. The summed E-state index contributed by atoms with van der Waals surface area (Å²) in [6.07, 6.45) is 7.51. The minimum absolute atomic E-state index is 0.231. The molecule has 0 spiro atoms. The lowest BCUT2D eigenvalue weighted by molar-refractivity contribution is 0.153. The van der Waals surface area contributed by atoms with Gasteiger partial charge in [-0.2, -0.15) is 0 Å². The highest BCUT2D eigenvalue weighted by Crippen LogP contribution is 2.34. The van der Waals surface area contributed by atoms with Crippen LogP contribution in [0.1, 0.15) is 32.8 Å². The number of rotatable bonds is 3. The Morgan fingerprint density at radius 2 is 2.04 bits per heavy atom. The summed E-state index contributed by atoms with van der Waals surface area (Å²) in [7, 11) is 0. The Balaban J connectivity index is 1.62. The Kier molecular flexibility index (Phi) is 4.63. The number of aromatic nitrogens is 2. The fourth-order valence-corrected chi connectivity index (χ4v) is 4.29. The van der Waals surface area contributed by atoms with Crippen molar-refractivity contribution in [3.05, 3.63) is 60.4 Å². The number of H-pyrrole nitrogens is 1. The molecule has 4 heteroatoms. The first-order valence-electron chi connectivity index (χ1n) is 9.15. The molecule has 3 nitrogen and oxygen atoms in total. The molecule has 2 aromatic heterocycles. The summed E-state index contributed by atoms with van der Waals surface area (Å²) in [6, 6.07) is 12.7. The lowest BCUT2D eigenvalue weighted by Crippen LogP contribution is -2.43. The monoisotopic (exact) mass is 363 g/mol. The quantitative estimate of drug-likeness (QED) is 0.657. The van der Waals surface area contributed by atoms with Crippen molar-refractivity contribution in [2.45, 2.75) is 42.7 Å². The molecule has 1 aromatic carbocycles. The molecule has 0 radical (unpaired) electrons. The van der Waals surface area contributed by atoms with Crippen molar-refractivity contribution >= 4 is 28.2 Å². The maximum Gasteiger partial charge on any atom is 0.101 e. The second kappa shape index (κ2) is 6.93. The topological polar surface area (TPSA) is 31.9 Å². The third-order valence-corrected chi connectivity index (χ3v) is 5.96. The van der Waals surface area contributed by atoms with Crippen LogP contribution in [0.15, 0.2) is 64.8 Å². The summed E-state index contributed by atoms with van der Waals surface area (Å²) in [5, 5.41) is 2.34. The molecule has 0 fully saturated rings. The van der Waals surface area contributed by atoms with Gasteiger partial charge < -0.3 is 4.98 Å². The number of nitrogens with zero attached hydrogens (tertiary/aromatic N) is 2. The van der Waals surface area contributed by atoms with Crippen LogP contribution in [-0.4, -0.2) is 33.5 Å². The highest BCUT2D eigenvalue weighted by Gasteiger charge is 2.24. The van der Waals surface area contributed by atoms with Gasteiger partial charge in [-0.1, -0.05) is 23.9 Å². The molecule has 1 N–H and O–H groups in total. The van der Waals surface area contributed by atoms with E-state index in [1.807, 2.05) is 18.3 Å². The van der Waals surface area contributed by atoms with Gasteiger partial charge in [0.25, 0.3) is 0 Å². The molecule has 134 valence electrons. The van der Waals surface area contributed by atoms with Gasteiger partial charge in [0.05, 0.1) is 0 Å². The van der Waals surface area contributed by atoms with Crippen molar-refractivity contribution in [3.63, 3.8) is 0 Å². The van der Waals surface area contributed by atoms with Crippen molar-refractivity contribution in [2.24, 2.45) is 0 Å². The summed E-state index contributed by atoms with van der Waals surface area (Å²) < 4.78 is 0. The Bertz CT molecular complexity index is 935. The lowest BCUT2D eigenvalue weighted by atomic mass is 9.96. The summed E-state index contributed by atoms with van der Waals surface area (Å²) in [4.78, 5) is 11.6. The molecule has 0 aliphatic carbocycles. The van der Waals surface area contributed by atoms with Crippen LogP contribution < -0.4 is 0 Å². The maximum atomic E-state index is 4.42. The number of hydrogen-bond acceptors (Lipinski definition) is 3. The SMILES string of the molecule is CC(C)(C)N1CC=C(c2c[nH]c3ccc(Sc4ccccn4)cc23)CC1. The van der Waals surface area contributed by atoms with Gasteiger partial charge in [-0.15, -0.1) is 0 Å². The average Bonchev–Trinajstić information content (AvgIpc) is 3.05.